The van der Waals surface area contributed by atoms with Gasteiger partial charge in [-0.15, -0.1) is 0 Å². The van der Waals surface area contributed by atoms with E-state index in [1.807, 2.05) is 0 Å². The molecule has 168 valence electrons. The Balaban J connectivity index is 1.65. The summed E-state index contributed by atoms with van der Waals surface area (Å²) in [4.78, 5) is 48.1. The molecule has 3 aromatic rings. The fourth-order valence-electron chi connectivity index (χ4n) is 2.85. The highest BCUT2D eigenvalue weighted by Crippen LogP contribution is 2.17. The topological polar surface area (TPSA) is 176 Å². The first-order valence-corrected chi connectivity index (χ1v) is 10.8. The molecule has 0 aliphatic rings. The fourth-order valence-corrected chi connectivity index (χ4v) is 3.89. The zero-order valence-electron chi connectivity index (χ0n) is 16.7. The monoisotopic (exact) mass is 461 g/mol. The van der Waals surface area contributed by atoms with Gasteiger partial charge in [0.15, 0.2) is 11.4 Å². The zero-order chi connectivity index (χ0) is 23.5. The Morgan fingerprint density at radius 1 is 1.12 bits per heavy atom. The summed E-state index contributed by atoms with van der Waals surface area (Å²) in [6.07, 6.45) is -0.528. The Morgan fingerprint density at radius 3 is 2.44 bits per heavy atom. The molecule has 1 atom stereocenters. The van der Waals surface area contributed by atoms with Crippen LogP contribution in [-0.4, -0.2) is 42.2 Å². The summed E-state index contributed by atoms with van der Waals surface area (Å²) in [7, 11) is -3.89. The number of carbonyl (C=O) groups excluding carboxylic acids is 2. The van der Waals surface area contributed by atoms with E-state index in [1.165, 1.54) is 49.4 Å². The number of carboxylic acid groups (broad SMARTS) is 1. The van der Waals surface area contributed by atoms with Crippen LogP contribution in [0.2, 0.25) is 0 Å². The molecule has 1 heterocycles. The van der Waals surface area contributed by atoms with Crippen LogP contribution >= 0.6 is 0 Å². The van der Waals surface area contributed by atoms with Crippen LogP contribution in [-0.2, 0) is 26.2 Å². The highest BCUT2D eigenvalue weighted by Gasteiger charge is 2.21. The maximum atomic E-state index is 12.5. The molecule has 4 N–H and O–H groups in total. The minimum Gasteiger partial charge on any atom is -0.481 e. The highest BCUT2D eigenvalue weighted by atomic mass is 32.2. The number of rotatable bonds is 9. The van der Waals surface area contributed by atoms with Crippen molar-refractivity contribution in [3.8, 4) is 0 Å². The van der Waals surface area contributed by atoms with Crippen LogP contribution in [0.5, 0.6) is 0 Å². The van der Waals surface area contributed by atoms with Gasteiger partial charge in [-0.2, -0.15) is 0 Å². The van der Waals surface area contributed by atoms with Crippen molar-refractivity contribution in [2.24, 2.45) is 0 Å². The standard InChI is InChI=1S/C20H19N3O8S/c1-11(24)15(9-18(25)26)22-19(27)13-4-2-12(3-5-13)10-21-32(29,30)14-6-7-17-16(8-14)23-20(28)31-17/h2-8,15,21H,9-10H2,1H3,(H,22,27)(H,23,28)(H,25,26)/t15-/m0/s1. The lowest BCUT2D eigenvalue weighted by Crippen LogP contribution is -2.41. The summed E-state index contributed by atoms with van der Waals surface area (Å²) in [5, 5.41) is 11.2. The third-order valence-electron chi connectivity index (χ3n) is 4.56. The van der Waals surface area contributed by atoms with Crippen LogP contribution in [0.15, 0.2) is 56.6 Å². The minimum absolute atomic E-state index is 0.0632. The van der Waals surface area contributed by atoms with Crippen LogP contribution in [0.4, 0.5) is 0 Å². The number of aliphatic carboxylic acids is 1. The molecule has 2 aromatic carbocycles. The first kappa shape index (κ1) is 22.9. The molecule has 1 amide bonds. The van der Waals surface area contributed by atoms with Crippen molar-refractivity contribution in [1.82, 2.24) is 15.0 Å². The maximum Gasteiger partial charge on any atom is 0.417 e. The molecular formula is C20H19N3O8S. The molecule has 0 radical (unpaired) electrons. The quantitative estimate of drug-likeness (QED) is 0.361. The lowest BCUT2D eigenvalue weighted by atomic mass is 10.1. The predicted molar refractivity (Wildman–Crippen MR) is 111 cm³/mol. The summed E-state index contributed by atoms with van der Waals surface area (Å²) in [5.74, 6) is -3.01. The predicted octanol–water partition coefficient (Wildman–Crippen LogP) is 0.762. The van der Waals surface area contributed by atoms with Crippen molar-refractivity contribution in [1.29, 1.82) is 0 Å². The molecule has 32 heavy (non-hydrogen) atoms. The van der Waals surface area contributed by atoms with Gasteiger partial charge in [-0.3, -0.25) is 19.4 Å². The van der Waals surface area contributed by atoms with Gasteiger partial charge >= 0.3 is 11.7 Å². The number of carbonyl (C=O) groups is 3. The van der Waals surface area contributed by atoms with Crippen LogP contribution in [0.1, 0.15) is 29.3 Å². The summed E-state index contributed by atoms with van der Waals surface area (Å²) in [5.41, 5.74) is 1.22. The average Bonchev–Trinajstić information content (AvgIpc) is 3.11. The number of benzene rings is 2. The second-order valence-electron chi connectivity index (χ2n) is 6.93. The summed E-state index contributed by atoms with van der Waals surface area (Å²) in [6.45, 7) is 1.12. The van der Waals surface area contributed by atoms with Gasteiger partial charge in [-0.1, -0.05) is 12.1 Å². The molecule has 0 saturated heterocycles. The summed E-state index contributed by atoms with van der Waals surface area (Å²) in [6, 6.07) is 8.71. The first-order valence-electron chi connectivity index (χ1n) is 9.30. The number of H-pyrrole nitrogens is 1. The van der Waals surface area contributed by atoms with E-state index in [0.717, 1.165) is 0 Å². The Bertz CT molecular complexity index is 1340. The molecule has 0 fully saturated rings. The number of aromatic amines is 1. The number of hydrogen-bond acceptors (Lipinski definition) is 7. The number of aromatic nitrogens is 1. The molecule has 0 spiro atoms. The average molecular weight is 461 g/mol. The molecule has 11 nitrogen and oxygen atoms in total. The Morgan fingerprint density at radius 2 is 1.81 bits per heavy atom. The van der Waals surface area contributed by atoms with E-state index in [4.69, 9.17) is 9.52 Å². The number of ketones is 1. The van der Waals surface area contributed by atoms with Crippen molar-refractivity contribution < 1.29 is 32.3 Å². The van der Waals surface area contributed by atoms with Gasteiger partial charge in [0.2, 0.25) is 10.0 Å². The van der Waals surface area contributed by atoms with E-state index in [0.29, 0.717) is 5.56 Å². The Labute approximate surface area is 181 Å². The second-order valence-corrected chi connectivity index (χ2v) is 8.70. The van der Waals surface area contributed by atoms with Gasteiger partial charge in [-0.05, 0) is 42.8 Å². The molecule has 0 saturated carbocycles. The molecule has 3 rings (SSSR count). The van der Waals surface area contributed by atoms with Gasteiger partial charge in [0.25, 0.3) is 5.91 Å². The van der Waals surface area contributed by atoms with E-state index >= 15 is 0 Å². The molecular weight excluding hydrogens is 442 g/mol. The molecule has 0 bridgehead atoms. The lowest BCUT2D eigenvalue weighted by molar-refractivity contribution is -0.139. The van der Waals surface area contributed by atoms with Crippen molar-refractivity contribution in [3.63, 3.8) is 0 Å². The van der Waals surface area contributed by atoms with Crippen molar-refractivity contribution in [3.05, 3.63) is 64.1 Å². The number of carboxylic acids is 1. The molecule has 12 heteroatoms. The number of hydrogen-bond donors (Lipinski definition) is 4. The van der Waals surface area contributed by atoms with E-state index < -0.39 is 45.9 Å². The lowest BCUT2D eigenvalue weighted by Gasteiger charge is -2.14. The van der Waals surface area contributed by atoms with Crippen molar-refractivity contribution in [2.45, 2.75) is 30.8 Å². The number of oxazole rings is 1. The van der Waals surface area contributed by atoms with E-state index in [-0.39, 0.29) is 28.1 Å². The number of nitrogens with one attached hydrogen (secondary N) is 3. The Hall–Kier alpha value is -3.77. The largest absolute Gasteiger partial charge is 0.481 e. The smallest absolute Gasteiger partial charge is 0.417 e. The van der Waals surface area contributed by atoms with Crippen LogP contribution in [0.3, 0.4) is 0 Å². The highest BCUT2D eigenvalue weighted by molar-refractivity contribution is 7.89. The molecule has 0 aliphatic heterocycles. The zero-order valence-corrected chi connectivity index (χ0v) is 17.6. The third-order valence-corrected chi connectivity index (χ3v) is 5.96. The van der Waals surface area contributed by atoms with Crippen molar-refractivity contribution >= 4 is 38.8 Å². The van der Waals surface area contributed by atoms with Gasteiger partial charge in [-0.25, -0.2) is 17.9 Å². The number of amides is 1. The molecule has 1 aromatic heterocycles. The second kappa shape index (κ2) is 9.16. The van der Waals surface area contributed by atoms with Gasteiger partial charge < -0.3 is 14.8 Å². The van der Waals surface area contributed by atoms with E-state index in [1.54, 1.807) is 0 Å². The van der Waals surface area contributed by atoms with Crippen LogP contribution in [0, 0.1) is 0 Å². The first-order chi connectivity index (χ1) is 15.0. The minimum atomic E-state index is -3.89. The van der Waals surface area contributed by atoms with Gasteiger partial charge in [0, 0.05) is 12.1 Å². The summed E-state index contributed by atoms with van der Waals surface area (Å²) < 4.78 is 32.3. The van der Waals surface area contributed by atoms with Crippen molar-refractivity contribution in [2.75, 3.05) is 0 Å². The number of Topliss-reactive ketones (excluding diaryl/α,β-unsaturated/α-hetero) is 1. The van der Waals surface area contributed by atoms with Crippen LogP contribution < -0.4 is 15.8 Å². The Kier molecular flexibility index (Phi) is 6.55. The normalized spacial score (nSPS) is 12.4. The van der Waals surface area contributed by atoms with Gasteiger partial charge in [0.05, 0.1) is 22.9 Å². The van der Waals surface area contributed by atoms with E-state index in [2.05, 4.69) is 15.0 Å². The van der Waals surface area contributed by atoms with Gasteiger partial charge in [0.1, 0.15) is 0 Å². The van der Waals surface area contributed by atoms with Crippen LogP contribution in [0.25, 0.3) is 11.1 Å². The fraction of sp³-hybridized carbons (Fsp3) is 0.200. The third kappa shape index (κ3) is 5.47. The SMILES string of the molecule is CC(=O)[C@H](CC(=O)O)NC(=O)c1ccc(CNS(=O)(=O)c2ccc3oc(=O)[nH]c3c2)cc1. The molecule has 0 aliphatic carbocycles. The summed E-state index contributed by atoms with van der Waals surface area (Å²) >= 11 is 0. The maximum absolute atomic E-state index is 12.5. The number of sulfonamides is 1. The number of fused-ring (bicyclic) bond motifs is 1. The molecule has 0 unspecified atom stereocenters. The van der Waals surface area contributed by atoms with E-state index in [9.17, 15) is 27.6 Å².